The third kappa shape index (κ3) is 2.79. The highest BCUT2D eigenvalue weighted by molar-refractivity contribution is 9.10. The SMILES string of the molecule is Cc1c(Br)cnn1CC(=O)NCc1ccnn1C. The molecule has 0 aliphatic rings. The molecular weight excluding hydrogens is 298 g/mol. The number of carbonyl (C=O) groups excluding carboxylic acids is 1. The standard InChI is InChI=1S/C11H14BrN5O/c1-8-10(12)6-15-17(8)7-11(18)13-5-9-3-4-14-16(9)2/h3-4,6H,5,7H2,1-2H3,(H,13,18). The number of rotatable bonds is 4. The number of nitrogens with zero attached hydrogens (tertiary/aromatic N) is 4. The van der Waals surface area contributed by atoms with Crippen molar-refractivity contribution in [3.63, 3.8) is 0 Å². The first-order chi connectivity index (χ1) is 8.58. The van der Waals surface area contributed by atoms with Gasteiger partial charge in [-0.25, -0.2) is 0 Å². The molecule has 0 saturated carbocycles. The summed E-state index contributed by atoms with van der Waals surface area (Å²) in [6.07, 6.45) is 3.39. The molecule has 0 fully saturated rings. The highest BCUT2D eigenvalue weighted by atomic mass is 79.9. The van der Waals surface area contributed by atoms with Gasteiger partial charge in [-0.1, -0.05) is 0 Å². The fourth-order valence-electron chi connectivity index (χ4n) is 1.54. The molecule has 2 heterocycles. The Morgan fingerprint density at radius 3 is 2.83 bits per heavy atom. The molecule has 0 bridgehead atoms. The summed E-state index contributed by atoms with van der Waals surface area (Å²) >= 11 is 3.36. The second-order valence-corrected chi connectivity index (χ2v) is 4.81. The lowest BCUT2D eigenvalue weighted by Crippen LogP contribution is -2.28. The predicted octanol–water partition coefficient (Wildman–Crippen LogP) is 1.00. The van der Waals surface area contributed by atoms with Crippen LogP contribution in [0.4, 0.5) is 0 Å². The van der Waals surface area contributed by atoms with Gasteiger partial charge in [-0.15, -0.1) is 0 Å². The van der Waals surface area contributed by atoms with Crippen LogP contribution in [0.3, 0.4) is 0 Å². The van der Waals surface area contributed by atoms with Crippen molar-refractivity contribution in [2.75, 3.05) is 0 Å². The maximum absolute atomic E-state index is 11.8. The van der Waals surface area contributed by atoms with E-state index in [-0.39, 0.29) is 12.5 Å². The van der Waals surface area contributed by atoms with Gasteiger partial charge in [0.05, 0.1) is 28.6 Å². The largest absolute Gasteiger partial charge is 0.349 e. The van der Waals surface area contributed by atoms with Gasteiger partial charge in [0.15, 0.2) is 0 Å². The van der Waals surface area contributed by atoms with E-state index in [2.05, 4.69) is 31.4 Å². The summed E-state index contributed by atoms with van der Waals surface area (Å²) in [5, 5.41) is 11.0. The zero-order valence-corrected chi connectivity index (χ0v) is 11.8. The Labute approximate surface area is 113 Å². The van der Waals surface area contributed by atoms with E-state index in [1.807, 2.05) is 20.0 Å². The summed E-state index contributed by atoms with van der Waals surface area (Å²) in [7, 11) is 1.84. The Kier molecular flexibility index (Phi) is 3.81. The highest BCUT2D eigenvalue weighted by Crippen LogP contribution is 2.13. The Hall–Kier alpha value is -1.63. The highest BCUT2D eigenvalue weighted by Gasteiger charge is 2.08. The molecule has 0 unspecified atom stereocenters. The number of nitrogens with one attached hydrogen (secondary N) is 1. The van der Waals surface area contributed by atoms with Crippen molar-refractivity contribution in [1.82, 2.24) is 24.9 Å². The first-order valence-electron chi connectivity index (χ1n) is 5.49. The maximum atomic E-state index is 11.8. The molecule has 0 atom stereocenters. The van der Waals surface area contributed by atoms with Gasteiger partial charge in [0.2, 0.25) is 5.91 Å². The Bertz CT molecular complexity index is 560. The molecular formula is C11H14BrN5O. The van der Waals surface area contributed by atoms with Crippen LogP contribution in [0.5, 0.6) is 0 Å². The van der Waals surface area contributed by atoms with Crippen LogP contribution in [0, 0.1) is 6.92 Å². The van der Waals surface area contributed by atoms with Crippen LogP contribution in [-0.4, -0.2) is 25.5 Å². The average Bonchev–Trinajstić information content (AvgIpc) is 2.88. The van der Waals surface area contributed by atoms with Crippen molar-refractivity contribution >= 4 is 21.8 Å². The normalized spacial score (nSPS) is 10.6. The summed E-state index contributed by atoms with van der Waals surface area (Å²) in [4.78, 5) is 11.8. The van der Waals surface area contributed by atoms with E-state index >= 15 is 0 Å². The summed E-state index contributed by atoms with van der Waals surface area (Å²) < 4.78 is 4.29. The molecule has 6 nitrogen and oxygen atoms in total. The van der Waals surface area contributed by atoms with Crippen molar-refractivity contribution in [3.8, 4) is 0 Å². The van der Waals surface area contributed by atoms with Crippen molar-refractivity contribution in [1.29, 1.82) is 0 Å². The summed E-state index contributed by atoms with van der Waals surface area (Å²) in [5.41, 5.74) is 1.90. The molecule has 2 aromatic heterocycles. The molecule has 1 N–H and O–H groups in total. The van der Waals surface area contributed by atoms with Gasteiger partial charge in [-0.2, -0.15) is 10.2 Å². The third-order valence-corrected chi connectivity index (χ3v) is 3.50. The molecule has 0 aliphatic carbocycles. The fourth-order valence-corrected chi connectivity index (χ4v) is 1.84. The molecule has 0 saturated heterocycles. The van der Waals surface area contributed by atoms with Gasteiger partial charge in [0, 0.05) is 13.2 Å². The third-order valence-electron chi connectivity index (χ3n) is 2.73. The lowest BCUT2D eigenvalue weighted by Gasteiger charge is -2.07. The molecule has 2 aromatic rings. The Morgan fingerprint density at radius 2 is 2.28 bits per heavy atom. The zero-order valence-electron chi connectivity index (χ0n) is 10.2. The van der Waals surface area contributed by atoms with Crippen LogP contribution in [0.15, 0.2) is 22.9 Å². The number of carbonyl (C=O) groups is 1. The number of halogens is 1. The van der Waals surface area contributed by atoms with Crippen molar-refractivity contribution in [3.05, 3.63) is 34.3 Å². The quantitative estimate of drug-likeness (QED) is 0.916. The van der Waals surface area contributed by atoms with Gasteiger partial charge in [0.1, 0.15) is 6.54 Å². The Balaban J connectivity index is 1.90. The summed E-state index contributed by atoms with van der Waals surface area (Å²) in [6.45, 7) is 2.59. The van der Waals surface area contributed by atoms with Crippen LogP contribution in [0.1, 0.15) is 11.4 Å². The Morgan fingerprint density at radius 1 is 1.50 bits per heavy atom. The number of hydrogen-bond donors (Lipinski definition) is 1. The van der Waals surface area contributed by atoms with E-state index < -0.39 is 0 Å². The smallest absolute Gasteiger partial charge is 0.242 e. The second kappa shape index (κ2) is 5.34. The average molecular weight is 312 g/mol. The molecule has 2 rings (SSSR count). The lowest BCUT2D eigenvalue weighted by atomic mass is 10.4. The minimum atomic E-state index is -0.0742. The first kappa shape index (κ1) is 12.8. The van der Waals surface area contributed by atoms with Gasteiger partial charge in [-0.05, 0) is 28.9 Å². The molecule has 1 amide bonds. The number of aryl methyl sites for hydroxylation is 1. The van der Waals surface area contributed by atoms with Crippen LogP contribution in [0.25, 0.3) is 0 Å². The molecule has 96 valence electrons. The molecule has 0 aromatic carbocycles. The zero-order chi connectivity index (χ0) is 13.1. The van der Waals surface area contributed by atoms with Crippen LogP contribution in [-0.2, 0) is 24.9 Å². The predicted molar refractivity (Wildman–Crippen MR) is 69.7 cm³/mol. The van der Waals surface area contributed by atoms with E-state index in [1.54, 1.807) is 21.8 Å². The molecule has 0 spiro atoms. The summed E-state index contributed by atoms with van der Waals surface area (Å²) in [5.74, 6) is -0.0742. The first-order valence-corrected chi connectivity index (χ1v) is 6.28. The van der Waals surface area contributed by atoms with E-state index in [0.717, 1.165) is 15.9 Å². The van der Waals surface area contributed by atoms with Gasteiger partial charge in [-0.3, -0.25) is 14.2 Å². The van der Waals surface area contributed by atoms with Gasteiger partial charge < -0.3 is 5.32 Å². The molecule has 18 heavy (non-hydrogen) atoms. The molecule has 7 heteroatoms. The number of hydrogen-bond acceptors (Lipinski definition) is 3. The van der Waals surface area contributed by atoms with E-state index in [9.17, 15) is 4.79 Å². The van der Waals surface area contributed by atoms with E-state index in [1.165, 1.54) is 0 Å². The van der Waals surface area contributed by atoms with Crippen LogP contribution >= 0.6 is 15.9 Å². The second-order valence-electron chi connectivity index (χ2n) is 3.96. The number of amides is 1. The monoisotopic (exact) mass is 311 g/mol. The van der Waals surface area contributed by atoms with Gasteiger partial charge in [0.25, 0.3) is 0 Å². The summed E-state index contributed by atoms with van der Waals surface area (Å²) in [6, 6.07) is 1.87. The minimum absolute atomic E-state index is 0.0742. The topological polar surface area (TPSA) is 64.7 Å². The molecule has 0 aliphatic heterocycles. The van der Waals surface area contributed by atoms with Crippen molar-refractivity contribution in [2.45, 2.75) is 20.0 Å². The van der Waals surface area contributed by atoms with Crippen LogP contribution < -0.4 is 5.32 Å². The lowest BCUT2D eigenvalue weighted by molar-refractivity contribution is -0.122. The molecule has 0 radical (unpaired) electrons. The minimum Gasteiger partial charge on any atom is -0.349 e. The van der Waals surface area contributed by atoms with Crippen molar-refractivity contribution < 1.29 is 4.79 Å². The van der Waals surface area contributed by atoms with Crippen LogP contribution in [0.2, 0.25) is 0 Å². The number of aromatic nitrogens is 4. The fraction of sp³-hybridized carbons (Fsp3) is 0.364. The van der Waals surface area contributed by atoms with E-state index in [4.69, 9.17) is 0 Å². The maximum Gasteiger partial charge on any atom is 0.242 e. The van der Waals surface area contributed by atoms with Gasteiger partial charge >= 0.3 is 0 Å². The van der Waals surface area contributed by atoms with E-state index in [0.29, 0.717) is 6.54 Å². The van der Waals surface area contributed by atoms with Crippen molar-refractivity contribution in [2.24, 2.45) is 7.05 Å².